The molecule has 2 aromatic rings. The molecular weight excluding hydrogens is 494 g/mol. The van der Waals surface area contributed by atoms with Gasteiger partial charge in [0.15, 0.2) is 0 Å². The number of carbonyl (C=O) groups is 2. The number of hydrogen-bond acceptors (Lipinski definition) is 8. The fourth-order valence-electron chi connectivity index (χ4n) is 4.01. The van der Waals surface area contributed by atoms with Gasteiger partial charge in [0.25, 0.3) is 5.91 Å². The second-order valence-electron chi connectivity index (χ2n) is 8.64. The van der Waals surface area contributed by atoms with Crippen LogP contribution in [-0.2, 0) is 4.79 Å². The Bertz CT molecular complexity index is 1050. The standard InChI is InChI=1S/C19H26N4O2.C6H9N3O.2C2H6/c1-3-18(24)20-16-7-6-15(19(25)23-8-4-5-9-23)14-17(16)22-12-10-21(2)11-13-22;1-4-3-8-6(7)9-5(4)10-2;2*1-2/h3,6-7,14H,1,4-5,8-13H2,2H3,(H,20,24);3H,1-2H3,(H2,7,8,9);2*1-2H3. The Balaban J connectivity index is 0.000000454. The second-order valence-corrected chi connectivity index (χ2v) is 8.64. The molecule has 2 saturated heterocycles. The van der Waals surface area contributed by atoms with E-state index in [4.69, 9.17) is 10.5 Å². The van der Waals surface area contributed by atoms with E-state index in [-0.39, 0.29) is 17.8 Å². The largest absolute Gasteiger partial charge is 0.481 e. The molecule has 10 heteroatoms. The van der Waals surface area contributed by atoms with Gasteiger partial charge in [-0.15, -0.1) is 0 Å². The van der Waals surface area contributed by atoms with Crippen LogP contribution in [0.5, 0.6) is 5.88 Å². The van der Waals surface area contributed by atoms with E-state index in [2.05, 4.69) is 38.7 Å². The predicted molar refractivity (Wildman–Crippen MR) is 161 cm³/mol. The summed E-state index contributed by atoms with van der Waals surface area (Å²) in [6, 6.07) is 5.56. The maximum atomic E-state index is 12.7. The number of rotatable bonds is 5. The Kier molecular flexibility index (Phi) is 15.2. The minimum Gasteiger partial charge on any atom is -0.481 e. The highest BCUT2D eigenvalue weighted by atomic mass is 16.5. The van der Waals surface area contributed by atoms with Crippen LogP contribution in [0.4, 0.5) is 17.3 Å². The van der Waals surface area contributed by atoms with Gasteiger partial charge in [0, 0.05) is 56.6 Å². The van der Waals surface area contributed by atoms with Gasteiger partial charge in [0.05, 0.1) is 18.5 Å². The number of nitrogen functional groups attached to an aromatic ring is 1. The molecule has 0 spiro atoms. The Morgan fingerprint density at radius 2 is 1.67 bits per heavy atom. The molecule has 39 heavy (non-hydrogen) atoms. The van der Waals surface area contributed by atoms with Gasteiger partial charge in [0.1, 0.15) is 0 Å². The Morgan fingerprint density at radius 1 is 1.05 bits per heavy atom. The number of nitrogens with one attached hydrogen (secondary N) is 1. The molecule has 0 atom stereocenters. The molecule has 216 valence electrons. The molecule has 0 saturated carbocycles. The minimum atomic E-state index is -0.242. The molecule has 2 aliphatic rings. The maximum Gasteiger partial charge on any atom is 0.253 e. The summed E-state index contributed by atoms with van der Waals surface area (Å²) in [6.07, 6.45) is 5.04. The van der Waals surface area contributed by atoms with Gasteiger partial charge in [-0.1, -0.05) is 34.3 Å². The summed E-state index contributed by atoms with van der Waals surface area (Å²) in [5.41, 5.74) is 8.51. The van der Waals surface area contributed by atoms with Crippen LogP contribution in [0.15, 0.2) is 37.1 Å². The molecule has 4 rings (SSSR count). The van der Waals surface area contributed by atoms with Crippen LogP contribution in [0.1, 0.15) is 56.5 Å². The second kappa shape index (κ2) is 17.8. The number of aryl methyl sites for hydroxylation is 1. The van der Waals surface area contributed by atoms with E-state index < -0.39 is 0 Å². The van der Waals surface area contributed by atoms with Crippen molar-refractivity contribution >= 4 is 29.1 Å². The number of benzene rings is 1. The number of ether oxygens (including phenoxy) is 1. The van der Waals surface area contributed by atoms with Crippen molar-refractivity contribution in [2.24, 2.45) is 0 Å². The van der Waals surface area contributed by atoms with E-state index in [1.165, 1.54) is 6.08 Å². The molecule has 2 amide bonds. The van der Waals surface area contributed by atoms with Crippen molar-refractivity contribution in [1.29, 1.82) is 0 Å². The number of carbonyl (C=O) groups excluding carboxylic acids is 2. The fraction of sp³-hybridized carbons (Fsp3) is 0.517. The molecule has 10 nitrogen and oxygen atoms in total. The predicted octanol–water partition coefficient (Wildman–Crippen LogP) is 4.23. The van der Waals surface area contributed by atoms with Gasteiger partial charge in [-0.05, 0) is 51.1 Å². The van der Waals surface area contributed by atoms with Crippen molar-refractivity contribution in [3.8, 4) is 5.88 Å². The summed E-state index contributed by atoms with van der Waals surface area (Å²) in [7, 11) is 3.65. The van der Waals surface area contributed by atoms with Gasteiger partial charge in [-0.3, -0.25) is 9.59 Å². The summed E-state index contributed by atoms with van der Waals surface area (Å²) in [5, 5.41) is 2.87. The van der Waals surface area contributed by atoms with Crippen molar-refractivity contribution in [2.75, 3.05) is 69.4 Å². The molecular formula is C29H47N7O3. The summed E-state index contributed by atoms with van der Waals surface area (Å²) >= 11 is 0. The summed E-state index contributed by atoms with van der Waals surface area (Å²) in [6.45, 7) is 18.7. The van der Waals surface area contributed by atoms with E-state index >= 15 is 0 Å². The Morgan fingerprint density at radius 3 is 2.21 bits per heavy atom. The number of nitrogens with zero attached hydrogens (tertiary/aromatic N) is 5. The molecule has 1 aromatic carbocycles. The zero-order valence-corrected chi connectivity index (χ0v) is 24.8. The number of likely N-dealkylation sites (tertiary alicyclic amines) is 1. The first kappa shape index (κ1) is 33.4. The van der Waals surface area contributed by atoms with Crippen molar-refractivity contribution in [2.45, 2.75) is 47.5 Å². The molecule has 0 radical (unpaired) electrons. The number of nitrogens with two attached hydrogens (primary N) is 1. The first-order valence-electron chi connectivity index (χ1n) is 13.8. The molecule has 2 aliphatic heterocycles. The number of hydrogen-bond donors (Lipinski definition) is 2. The number of piperazine rings is 1. The van der Waals surface area contributed by atoms with Crippen LogP contribution >= 0.6 is 0 Å². The highest BCUT2D eigenvalue weighted by molar-refractivity contribution is 6.03. The first-order chi connectivity index (χ1) is 18.8. The molecule has 0 aliphatic carbocycles. The molecule has 0 unspecified atom stereocenters. The third-order valence-electron chi connectivity index (χ3n) is 6.06. The minimum absolute atomic E-state index is 0.0782. The van der Waals surface area contributed by atoms with E-state index in [0.717, 1.165) is 69.0 Å². The van der Waals surface area contributed by atoms with E-state index in [0.29, 0.717) is 11.4 Å². The van der Waals surface area contributed by atoms with Gasteiger partial charge < -0.3 is 30.5 Å². The van der Waals surface area contributed by atoms with Crippen molar-refractivity contribution in [1.82, 2.24) is 19.8 Å². The van der Waals surface area contributed by atoms with Crippen molar-refractivity contribution in [3.63, 3.8) is 0 Å². The van der Waals surface area contributed by atoms with E-state index in [1.54, 1.807) is 19.4 Å². The number of anilines is 3. The molecule has 3 heterocycles. The summed E-state index contributed by atoms with van der Waals surface area (Å²) in [5.74, 6) is 0.610. The summed E-state index contributed by atoms with van der Waals surface area (Å²) in [4.78, 5) is 38.5. The van der Waals surface area contributed by atoms with Gasteiger partial charge in [0.2, 0.25) is 17.7 Å². The molecule has 0 bridgehead atoms. The zero-order chi connectivity index (χ0) is 29.4. The quantitative estimate of drug-likeness (QED) is 0.540. The lowest BCUT2D eigenvalue weighted by molar-refractivity contribution is -0.111. The SMILES string of the molecule is C=CC(=O)Nc1ccc(C(=O)N2CCCC2)cc1N1CCN(C)CC1.CC.CC.COc1nc(N)ncc1C. The average molecular weight is 542 g/mol. The lowest BCUT2D eigenvalue weighted by Gasteiger charge is -2.35. The Hall–Kier alpha value is -3.66. The Labute approximate surface area is 234 Å². The van der Waals surface area contributed by atoms with Crippen molar-refractivity contribution < 1.29 is 14.3 Å². The summed E-state index contributed by atoms with van der Waals surface area (Å²) < 4.78 is 4.89. The monoisotopic (exact) mass is 541 g/mol. The first-order valence-corrected chi connectivity index (χ1v) is 13.8. The van der Waals surface area contributed by atoms with Crippen molar-refractivity contribution in [3.05, 3.63) is 48.2 Å². The van der Waals surface area contributed by atoms with Crippen LogP contribution < -0.4 is 20.7 Å². The zero-order valence-electron chi connectivity index (χ0n) is 24.8. The molecule has 2 fully saturated rings. The normalized spacial score (nSPS) is 14.4. The number of aromatic nitrogens is 2. The van der Waals surface area contributed by atoms with E-state index in [1.807, 2.05) is 51.7 Å². The van der Waals surface area contributed by atoms with Crippen LogP contribution in [0.25, 0.3) is 0 Å². The highest BCUT2D eigenvalue weighted by Crippen LogP contribution is 2.29. The lowest BCUT2D eigenvalue weighted by Crippen LogP contribution is -2.44. The van der Waals surface area contributed by atoms with Gasteiger partial charge in [-0.2, -0.15) is 4.98 Å². The van der Waals surface area contributed by atoms with Crippen LogP contribution in [0.2, 0.25) is 0 Å². The third-order valence-corrected chi connectivity index (χ3v) is 6.06. The molecule has 1 aromatic heterocycles. The van der Waals surface area contributed by atoms with Gasteiger partial charge in [-0.25, -0.2) is 4.98 Å². The average Bonchev–Trinajstić information content (AvgIpc) is 3.52. The lowest BCUT2D eigenvalue weighted by atomic mass is 10.1. The number of likely N-dealkylation sites (N-methyl/N-ethyl adjacent to an activating group) is 1. The van der Waals surface area contributed by atoms with Gasteiger partial charge >= 0.3 is 0 Å². The maximum absolute atomic E-state index is 12.7. The molecule has 3 N–H and O–H groups in total. The number of methoxy groups -OCH3 is 1. The third kappa shape index (κ3) is 10.2. The van der Waals surface area contributed by atoms with Crippen LogP contribution in [-0.4, -0.2) is 85.0 Å². The van der Waals surface area contributed by atoms with Crippen LogP contribution in [0, 0.1) is 6.92 Å². The fourth-order valence-corrected chi connectivity index (χ4v) is 4.01. The number of amides is 2. The smallest absolute Gasteiger partial charge is 0.253 e. The topological polar surface area (TPSA) is 117 Å². The van der Waals surface area contributed by atoms with Crippen LogP contribution in [0.3, 0.4) is 0 Å². The highest BCUT2D eigenvalue weighted by Gasteiger charge is 2.23. The van der Waals surface area contributed by atoms with E-state index in [9.17, 15) is 9.59 Å².